The second-order valence-electron chi connectivity index (χ2n) is 4.68. The molecule has 0 aromatic heterocycles. The number of benzene rings is 1. The lowest BCUT2D eigenvalue weighted by atomic mass is 10.2. The summed E-state index contributed by atoms with van der Waals surface area (Å²) in [6.07, 6.45) is 3.16. The Morgan fingerprint density at radius 3 is 2.25 bits per heavy atom. The molecular formula is C17H20O7. The first-order valence-electron chi connectivity index (χ1n) is 7.52. The summed E-state index contributed by atoms with van der Waals surface area (Å²) in [5.41, 5.74) is 0. The quantitative estimate of drug-likeness (QED) is 0.319. The summed E-state index contributed by atoms with van der Waals surface area (Å²) in [4.78, 5) is 33.9. The van der Waals surface area contributed by atoms with E-state index in [0.717, 1.165) is 12.2 Å². The third-order valence-corrected chi connectivity index (χ3v) is 2.73. The Balaban J connectivity index is 2.12. The Kier molecular flexibility index (Phi) is 8.67. The Labute approximate surface area is 139 Å². The van der Waals surface area contributed by atoms with Crippen molar-refractivity contribution in [3.05, 3.63) is 36.4 Å². The van der Waals surface area contributed by atoms with Gasteiger partial charge < -0.3 is 19.3 Å². The summed E-state index contributed by atoms with van der Waals surface area (Å²) in [6, 6.07) is 5.83. The molecule has 1 N–H and O–H groups in total. The van der Waals surface area contributed by atoms with Crippen LogP contribution >= 0.6 is 0 Å². The molecule has 0 aliphatic heterocycles. The summed E-state index contributed by atoms with van der Waals surface area (Å²) in [7, 11) is 0. The molecule has 0 amide bonds. The first kappa shape index (κ1) is 19.2. The van der Waals surface area contributed by atoms with E-state index in [1.807, 2.05) is 0 Å². The van der Waals surface area contributed by atoms with E-state index in [1.165, 1.54) is 24.3 Å². The Bertz CT molecular complexity index is 575. The average molecular weight is 336 g/mol. The van der Waals surface area contributed by atoms with Crippen molar-refractivity contribution in [3.63, 3.8) is 0 Å². The predicted octanol–water partition coefficient (Wildman–Crippen LogP) is 2.13. The molecule has 0 saturated heterocycles. The van der Waals surface area contributed by atoms with E-state index in [0.29, 0.717) is 18.6 Å². The van der Waals surface area contributed by atoms with Gasteiger partial charge in [0.1, 0.15) is 11.5 Å². The van der Waals surface area contributed by atoms with Crippen molar-refractivity contribution < 1.29 is 33.7 Å². The summed E-state index contributed by atoms with van der Waals surface area (Å²) in [5, 5.41) is 9.12. The molecule has 7 heteroatoms. The predicted molar refractivity (Wildman–Crippen MR) is 84.3 cm³/mol. The lowest BCUT2D eigenvalue weighted by Crippen LogP contribution is -2.09. The highest BCUT2D eigenvalue weighted by atomic mass is 16.5. The first-order chi connectivity index (χ1) is 11.5. The highest BCUT2D eigenvalue weighted by Crippen LogP contribution is 2.16. The van der Waals surface area contributed by atoms with Gasteiger partial charge in [0.05, 0.1) is 13.2 Å². The molecule has 1 rings (SSSR count). The molecule has 0 atom stereocenters. The van der Waals surface area contributed by atoms with Gasteiger partial charge in [-0.15, -0.1) is 0 Å². The van der Waals surface area contributed by atoms with Gasteiger partial charge in [-0.1, -0.05) is 0 Å². The van der Waals surface area contributed by atoms with Crippen molar-refractivity contribution >= 4 is 17.9 Å². The molecule has 0 unspecified atom stereocenters. The van der Waals surface area contributed by atoms with Crippen molar-refractivity contribution in [1.29, 1.82) is 0 Å². The lowest BCUT2D eigenvalue weighted by Gasteiger charge is -2.04. The van der Waals surface area contributed by atoms with Crippen molar-refractivity contribution in [2.45, 2.75) is 26.2 Å². The van der Waals surface area contributed by atoms with Gasteiger partial charge in [-0.3, -0.25) is 4.79 Å². The van der Waals surface area contributed by atoms with Crippen LogP contribution in [0.5, 0.6) is 11.5 Å². The molecular weight excluding hydrogens is 316 g/mol. The van der Waals surface area contributed by atoms with Gasteiger partial charge >= 0.3 is 17.9 Å². The second kappa shape index (κ2) is 10.8. The van der Waals surface area contributed by atoms with Gasteiger partial charge in [-0.25, -0.2) is 9.59 Å². The zero-order chi connectivity index (χ0) is 17.8. The van der Waals surface area contributed by atoms with Gasteiger partial charge in [0.2, 0.25) is 0 Å². The normalized spacial score (nSPS) is 10.4. The summed E-state index contributed by atoms with van der Waals surface area (Å²) in [6.45, 7) is 2.04. The maximum Gasteiger partial charge on any atom is 0.331 e. The Morgan fingerprint density at radius 1 is 1.00 bits per heavy atom. The number of carbonyl (C=O) groups excluding carboxylic acids is 3. The molecule has 0 spiro atoms. The number of ether oxygens (including phenoxy) is 3. The Hall–Kier alpha value is -2.83. The number of rotatable bonds is 9. The number of carbonyl (C=O) groups is 3. The van der Waals surface area contributed by atoms with Crippen LogP contribution in [0, 0.1) is 0 Å². The SMILES string of the molecule is CCOC(=O)/C=C/C(=O)OCCCCC(=O)Oc1ccc(O)cc1. The zero-order valence-corrected chi connectivity index (χ0v) is 13.4. The Morgan fingerprint density at radius 2 is 1.62 bits per heavy atom. The van der Waals surface area contributed by atoms with E-state index < -0.39 is 17.9 Å². The third-order valence-electron chi connectivity index (χ3n) is 2.73. The highest BCUT2D eigenvalue weighted by molar-refractivity contribution is 5.91. The largest absolute Gasteiger partial charge is 0.508 e. The minimum Gasteiger partial charge on any atom is -0.508 e. The molecule has 0 fully saturated rings. The molecule has 130 valence electrons. The van der Waals surface area contributed by atoms with E-state index >= 15 is 0 Å². The molecule has 0 bridgehead atoms. The van der Waals surface area contributed by atoms with E-state index in [1.54, 1.807) is 6.92 Å². The van der Waals surface area contributed by atoms with Crippen LogP contribution in [0.2, 0.25) is 0 Å². The van der Waals surface area contributed by atoms with Gasteiger partial charge in [0.25, 0.3) is 0 Å². The summed E-state index contributed by atoms with van der Waals surface area (Å²) >= 11 is 0. The van der Waals surface area contributed by atoms with E-state index in [4.69, 9.17) is 14.6 Å². The summed E-state index contributed by atoms with van der Waals surface area (Å²) < 4.78 is 14.6. The monoisotopic (exact) mass is 336 g/mol. The molecule has 0 heterocycles. The highest BCUT2D eigenvalue weighted by Gasteiger charge is 2.05. The first-order valence-corrected chi connectivity index (χ1v) is 7.52. The zero-order valence-electron chi connectivity index (χ0n) is 13.4. The van der Waals surface area contributed by atoms with Crippen LogP contribution in [0.15, 0.2) is 36.4 Å². The van der Waals surface area contributed by atoms with Crippen LogP contribution < -0.4 is 4.74 Å². The second-order valence-corrected chi connectivity index (χ2v) is 4.68. The van der Waals surface area contributed by atoms with Crippen molar-refractivity contribution in [3.8, 4) is 11.5 Å². The standard InChI is InChI=1S/C17H20O7/c1-2-22-15(19)10-11-16(20)23-12-4-3-5-17(21)24-14-8-6-13(18)7-9-14/h6-11,18H,2-5,12H2,1H3/b11-10+. The fourth-order valence-corrected chi connectivity index (χ4v) is 1.62. The number of aromatic hydroxyl groups is 1. The molecule has 1 aromatic rings. The van der Waals surface area contributed by atoms with Gasteiger partial charge in [0, 0.05) is 18.6 Å². The average Bonchev–Trinajstić information content (AvgIpc) is 2.55. The molecule has 24 heavy (non-hydrogen) atoms. The van der Waals surface area contributed by atoms with Crippen LogP contribution in [-0.2, 0) is 23.9 Å². The van der Waals surface area contributed by atoms with Crippen molar-refractivity contribution in [2.75, 3.05) is 13.2 Å². The minimum absolute atomic E-state index is 0.0913. The van der Waals surface area contributed by atoms with E-state index in [2.05, 4.69) is 4.74 Å². The van der Waals surface area contributed by atoms with Crippen molar-refractivity contribution in [1.82, 2.24) is 0 Å². The maximum atomic E-state index is 11.6. The van der Waals surface area contributed by atoms with Gasteiger partial charge in [0.15, 0.2) is 0 Å². The van der Waals surface area contributed by atoms with Crippen LogP contribution in [0.3, 0.4) is 0 Å². The van der Waals surface area contributed by atoms with Crippen LogP contribution in [0.25, 0.3) is 0 Å². The number of unbranched alkanes of at least 4 members (excludes halogenated alkanes) is 1. The van der Waals surface area contributed by atoms with E-state index in [9.17, 15) is 14.4 Å². The smallest absolute Gasteiger partial charge is 0.331 e. The molecule has 7 nitrogen and oxygen atoms in total. The van der Waals surface area contributed by atoms with Crippen LogP contribution in [0.1, 0.15) is 26.2 Å². The minimum atomic E-state index is -0.644. The van der Waals surface area contributed by atoms with Gasteiger partial charge in [-0.2, -0.15) is 0 Å². The van der Waals surface area contributed by atoms with Crippen LogP contribution in [0.4, 0.5) is 0 Å². The number of hydrogen-bond donors (Lipinski definition) is 1. The number of hydrogen-bond acceptors (Lipinski definition) is 7. The van der Waals surface area contributed by atoms with E-state index in [-0.39, 0.29) is 25.4 Å². The third kappa shape index (κ3) is 8.57. The molecule has 1 aromatic carbocycles. The number of phenols is 1. The van der Waals surface area contributed by atoms with Crippen molar-refractivity contribution in [2.24, 2.45) is 0 Å². The molecule has 0 aliphatic rings. The fourth-order valence-electron chi connectivity index (χ4n) is 1.62. The number of esters is 3. The molecule has 0 saturated carbocycles. The number of phenolic OH excluding ortho intramolecular Hbond substituents is 1. The maximum absolute atomic E-state index is 11.6. The molecule has 0 aliphatic carbocycles. The molecule has 0 radical (unpaired) electrons. The topological polar surface area (TPSA) is 99.1 Å². The fraction of sp³-hybridized carbons (Fsp3) is 0.353. The summed E-state index contributed by atoms with van der Waals surface area (Å²) in [5.74, 6) is -1.21. The van der Waals surface area contributed by atoms with Gasteiger partial charge in [-0.05, 0) is 44.0 Å². The van der Waals surface area contributed by atoms with Crippen LogP contribution in [-0.4, -0.2) is 36.2 Å². The lowest BCUT2D eigenvalue weighted by molar-refractivity contribution is -0.140.